The fourth-order valence-electron chi connectivity index (χ4n) is 3.87. The Kier molecular flexibility index (Phi) is 5.11. The van der Waals surface area contributed by atoms with Crippen LogP contribution >= 0.6 is 0 Å². The van der Waals surface area contributed by atoms with Crippen LogP contribution in [0.3, 0.4) is 0 Å². The smallest absolute Gasteiger partial charge is 0.278 e. The van der Waals surface area contributed by atoms with E-state index in [0.717, 1.165) is 19.0 Å². The third-order valence-electron chi connectivity index (χ3n) is 5.59. The second-order valence-corrected chi connectivity index (χ2v) is 7.58. The Morgan fingerprint density at radius 1 is 1.23 bits per heavy atom. The number of nitrogens with zero attached hydrogens (tertiary/aromatic N) is 3. The molecule has 2 amide bonds. The SMILES string of the molecule is C[C@H]1CCCN2CN1C(=O)c1c(O)c(=O)c(C(=O)NCc3c(F)cc(F)cc3F)cn12. The van der Waals surface area contributed by atoms with E-state index in [1.165, 1.54) is 4.68 Å². The van der Waals surface area contributed by atoms with Gasteiger partial charge in [0, 0.05) is 43.0 Å². The highest BCUT2D eigenvalue weighted by Crippen LogP contribution is 2.26. The zero-order valence-corrected chi connectivity index (χ0v) is 16.5. The standard InChI is InChI=1S/C20H19F3N4O4/c1-10-3-2-4-25-9-26(10)20(31)16-18(29)17(28)13(8-27(16)25)19(30)24-7-12-14(22)5-11(21)6-15(12)23/h5-6,8,10,29H,2-4,7,9H2,1H3,(H,24,30)/t10-/m0/s1. The van der Waals surface area contributed by atoms with E-state index < -0.39 is 58.1 Å². The first-order valence-corrected chi connectivity index (χ1v) is 9.65. The van der Waals surface area contributed by atoms with Crippen molar-refractivity contribution in [3.63, 3.8) is 0 Å². The lowest BCUT2D eigenvalue weighted by Gasteiger charge is -2.39. The van der Waals surface area contributed by atoms with E-state index in [2.05, 4.69) is 5.32 Å². The van der Waals surface area contributed by atoms with Gasteiger partial charge in [-0.3, -0.25) is 24.1 Å². The lowest BCUT2D eigenvalue weighted by atomic mass is 10.1. The minimum absolute atomic E-state index is 0.0794. The minimum Gasteiger partial charge on any atom is -0.502 e. The van der Waals surface area contributed by atoms with Crippen molar-refractivity contribution in [3.05, 3.63) is 62.8 Å². The Balaban J connectivity index is 1.67. The third kappa shape index (κ3) is 3.49. The number of benzene rings is 1. The molecule has 8 nitrogen and oxygen atoms in total. The van der Waals surface area contributed by atoms with E-state index in [1.807, 2.05) is 6.92 Å². The highest BCUT2D eigenvalue weighted by molar-refractivity contribution is 5.99. The molecule has 2 aliphatic rings. The summed E-state index contributed by atoms with van der Waals surface area (Å²) in [5.41, 5.74) is -2.39. The summed E-state index contributed by atoms with van der Waals surface area (Å²) in [4.78, 5) is 39.5. The van der Waals surface area contributed by atoms with Gasteiger partial charge >= 0.3 is 0 Å². The molecule has 0 radical (unpaired) electrons. The number of rotatable bonds is 3. The van der Waals surface area contributed by atoms with Crippen molar-refractivity contribution in [2.45, 2.75) is 32.4 Å². The van der Waals surface area contributed by atoms with Gasteiger partial charge in [0.15, 0.2) is 11.4 Å². The summed E-state index contributed by atoms with van der Waals surface area (Å²) in [6, 6.07) is 0.869. The summed E-state index contributed by atoms with van der Waals surface area (Å²) < 4.78 is 41.9. The number of carbonyl (C=O) groups is 2. The molecule has 1 aromatic heterocycles. The Hall–Kier alpha value is -3.50. The van der Waals surface area contributed by atoms with Crippen molar-refractivity contribution in [2.24, 2.45) is 0 Å². The zero-order valence-electron chi connectivity index (χ0n) is 16.5. The maximum absolute atomic E-state index is 13.8. The van der Waals surface area contributed by atoms with Crippen molar-refractivity contribution in [2.75, 3.05) is 18.2 Å². The average molecular weight is 436 g/mol. The average Bonchev–Trinajstić information content (AvgIpc) is 2.87. The highest BCUT2D eigenvalue weighted by Gasteiger charge is 2.37. The van der Waals surface area contributed by atoms with Crippen molar-refractivity contribution in [1.82, 2.24) is 14.9 Å². The fourth-order valence-corrected chi connectivity index (χ4v) is 3.87. The second kappa shape index (κ2) is 7.64. The molecule has 1 fully saturated rings. The molecule has 3 heterocycles. The molecule has 0 aliphatic carbocycles. The monoisotopic (exact) mass is 436 g/mol. The Bertz CT molecular complexity index is 1130. The lowest BCUT2D eigenvalue weighted by molar-refractivity contribution is 0.0631. The number of aromatic hydroxyl groups is 1. The second-order valence-electron chi connectivity index (χ2n) is 7.58. The summed E-state index contributed by atoms with van der Waals surface area (Å²) in [5, 5.41) is 14.3. The van der Waals surface area contributed by atoms with Gasteiger partial charge in [0.25, 0.3) is 11.8 Å². The molecule has 1 atom stereocenters. The van der Waals surface area contributed by atoms with Gasteiger partial charge in [0.2, 0.25) is 5.43 Å². The molecule has 0 spiro atoms. The molecule has 2 aliphatic heterocycles. The third-order valence-corrected chi connectivity index (χ3v) is 5.59. The number of hydrogen-bond acceptors (Lipinski definition) is 5. The molecule has 0 unspecified atom stereocenters. The summed E-state index contributed by atoms with van der Waals surface area (Å²) >= 11 is 0. The maximum atomic E-state index is 13.8. The summed E-state index contributed by atoms with van der Waals surface area (Å²) in [7, 11) is 0. The van der Waals surface area contributed by atoms with Crippen LogP contribution in [0.15, 0.2) is 23.1 Å². The van der Waals surface area contributed by atoms with Crippen LogP contribution in [0.1, 0.15) is 46.2 Å². The Labute approximate surface area is 174 Å². The van der Waals surface area contributed by atoms with E-state index in [1.54, 1.807) is 9.91 Å². The number of aromatic nitrogens is 1. The molecule has 0 saturated carbocycles. The van der Waals surface area contributed by atoms with Gasteiger partial charge in [0.05, 0.1) is 0 Å². The molecule has 2 bridgehead atoms. The largest absolute Gasteiger partial charge is 0.502 e. The van der Waals surface area contributed by atoms with Crippen LogP contribution in [0, 0.1) is 17.5 Å². The van der Waals surface area contributed by atoms with Crippen LogP contribution in [0.5, 0.6) is 5.75 Å². The van der Waals surface area contributed by atoms with Crippen molar-refractivity contribution in [1.29, 1.82) is 0 Å². The van der Waals surface area contributed by atoms with Crippen molar-refractivity contribution >= 4 is 11.8 Å². The Morgan fingerprint density at radius 2 is 1.90 bits per heavy atom. The van der Waals surface area contributed by atoms with Crippen LogP contribution in [0.2, 0.25) is 0 Å². The molecule has 2 aromatic rings. The van der Waals surface area contributed by atoms with E-state index in [-0.39, 0.29) is 18.4 Å². The molecule has 11 heteroatoms. The minimum atomic E-state index is -1.19. The van der Waals surface area contributed by atoms with E-state index in [4.69, 9.17) is 0 Å². The molecule has 31 heavy (non-hydrogen) atoms. The molecular formula is C20H19F3N4O4. The quantitative estimate of drug-likeness (QED) is 0.759. The fraction of sp³-hybridized carbons (Fsp3) is 0.350. The number of carbonyl (C=O) groups excluding carboxylic acids is 2. The molecule has 164 valence electrons. The summed E-state index contributed by atoms with van der Waals surface area (Å²) in [6.07, 6.45) is 2.63. The highest BCUT2D eigenvalue weighted by atomic mass is 19.1. The first kappa shape index (κ1) is 20.8. The predicted octanol–water partition coefficient (Wildman–Crippen LogP) is 1.43. The van der Waals surface area contributed by atoms with Gasteiger partial charge in [-0.2, -0.15) is 0 Å². The van der Waals surface area contributed by atoms with Crippen LogP contribution in [-0.4, -0.2) is 45.8 Å². The lowest BCUT2D eigenvalue weighted by Crippen LogP contribution is -2.55. The van der Waals surface area contributed by atoms with Gasteiger partial charge < -0.3 is 15.3 Å². The van der Waals surface area contributed by atoms with Crippen LogP contribution in [0.25, 0.3) is 0 Å². The van der Waals surface area contributed by atoms with Crippen LogP contribution < -0.4 is 15.8 Å². The van der Waals surface area contributed by atoms with Gasteiger partial charge in [-0.15, -0.1) is 0 Å². The van der Waals surface area contributed by atoms with Gasteiger partial charge in [-0.05, 0) is 19.8 Å². The van der Waals surface area contributed by atoms with E-state index >= 15 is 0 Å². The zero-order chi connectivity index (χ0) is 22.4. The van der Waals surface area contributed by atoms with Crippen LogP contribution in [0.4, 0.5) is 13.2 Å². The maximum Gasteiger partial charge on any atom is 0.278 e. The first-order valence-electron chi connectivity index (χ1n) is 9.65. The summed E-state index contributed by atoms with van der Waals surface area (Å²) in [6.45, 7) is 1.98. The summed E-state index contributed by atoms with van der Waals surface area (Å²) in [5.74, 6) is -5.88. The molecule has 2 N–H and O–H groups in total. The molecule has 1 saturated heterocycles. The molecule has 4 rings (SSSR count). The number of amides is 2. The number of fused-ring (bicyclic) bond motifs is 4. The predicted molar refractivity (Wildman–Crippen MR) is 103 cm³/mol. The number of hydrogen-bond donors (Lipinski definition) is 2. The number of pyridine rings is 1. The number of nitrogens with one attached hydrogen (secondary N) is 1. The molecule has 1 aromatic carbocycles. The molecular weight excluding hydrogens is 417 g/mol. The normalized spacial score (nSPS) is 17.9. The van der Waals surface area contributed by atoms with Gasteiger partial charge in [-0.1, -0.05) is 0 Å². The van der Waals surface area contributed by atoms with E-state index in [9.17, 15) is 32.7 Å². The van der Waals surface area contributed by atoms with E-state index in [0.29, 0.717) is 18.7 Å². The topological polar surface area (TPSA) is 94.9 Å². The first-order chi connectivity index (χ1) is 14.7. The number of halogens is 3. The van der Waals surface area contributed by atoms with Gasteiger partial charge in [-0.25, -0.2) is 13.2 Å². The van der Waals surface area contributed by atoms with Gasteiger partial charge in [0.1, 0.15) is 29.7 Å². The Morgan fingerprint density at radius 3 is 2.58 bits per heavy atom. The van der Waals surface area contributed by atoms with Crippen molar-refractivity contribution in [3.8, 4) is 5.75 Å². The van der Waals surface area contributed by atoms with Crippen LogP contribution in [-0.2, 0) is 6.54 Å². The van der Waals surface area contributed by atoms with Crippen molar-refractivity contribution < 1.29 is 27.9 Å².